The van der Waals surface area contributed by atoms with E-state index in [0.717, 1.165) is 4.47 Å². The maximum atomic E-state index is 12.5. The first kappa shape index (κ1) is 15.5. The molecule has 1 heterocycles. The molecule has 1 N–H and O–H groups in total. The Labute approximate surface area is 140 Å². The molecule has 7 nitrogen and oxygen atoms in total. The van der Waals surface area contributed by atoms with E-state index in [1.54, 1.807) is 54.6 Å². The van der Waals surface area contributed by atoms with Gasteiger partial charge in [-0.1, -0.05) is 46.3 Å². The van der Waals surface area contributed by atoms with E-state index in [-0.39, 0.29) is 10.6 Å². The van der Waals surface area contributed by atoms with Crippen molar-refractivity contribution in [1.82, 2.24) is 5.16 Å². The van der Waals surface area contributed by atoms with E-state index in [1.165, 1.54) is 0 Å². The van der Waals surface area contributed by atoms with E-state index in [2.05, 4.69) is 30.4 Å². The van der Waals surface area contributed by atoms with Gasteiger partial charge in [-0.15, -0.1) is 0 Å². The summed E-state index contributed by atoms with van der Waals surface area (Å²) >= 11 is 3.27. The molecule has 118 valence electrons. The number of nitrogens with one attached hydrogen (secondary N) is 1. The summed E-state index contributed by atoms with van der Waals surface area (Å²) in [5.74, 6) is 0. The van der Waals surface area contributed by atoms with Crippen molar-refractivity contribution < 1.29 is 17.9 Å². The fraction of sp³-hybridized carbons (Fsp3) is 0. The van der Waals surface area contributed by atoms with Gasteiger partial charge in [-0.05, 0) is 29.2 Å². The van der Waals surface area contributed by atoms with Gasteiger partial charge < -0.3 is 5.21 Å². The van der Waals surface area contributed by atoms with Crippen LogP contribution in [0.1, 0.15) is 0 Å². The number of sulfonamides is 1. The van der Waals surface area contributed by atoms with E-state index < -0.39 is 15.0 Å². The molecule has 0 radical (unpaired) electrons. The maximum Gasteiger partial charge on any atom is 0.359 e. The average Bonchev–Trinajstić information content (AvgIpc) is 2.93. The Morgan fingerprint density at radius 1 is 1.09 bits per heavy atom. The zero-order valence-corrected chi connectivity index (χ0v) is 13.9. The van der Waals surface area contributed by atoms with Crippen LogP contribution in [0, 0.1) is 5.21 Å². The Balaban J connectivity index is 2.03. The summed E-state index contributed by atoms with van der Waals surface area (Å²) in [7, 11) is -4.08. The van der Waals surface area contributed by atoms with Crippen LogP contribution in [0.4, 0.5) is 5.69 Å². The standard InChI is InChI=1S/C14H10BrN3O4S/c15-11-6-8-12(9-7-11)17-23(20,21)14-13(18(19)22-16-14)10-4-2-1-3-5-10/h1-9,17H. The van der Waals surface area contributed by atoms with Crippen molar-refractivity contribution in [3.05, 3.63) is 64.3 Å². The van der Waals surface area contributed by atoms with Crippen LogP contribution < -0.4 is 9.63 Å². The van der Waals surface area contributed by atoms with Crippen LogP contribution in [-0.2, 0) is 10.0 Å². The average molecular weight is 396 g/mol. The first-order valence-corrected chi connectivity index (χ1v) is 8.68. The van der Waals surface area contributed by atoms with Crippen molar-refractivity contribution in [1.29, 1.82) is 0 Å². The molecule has 0 amide bonds. The second-order valence-electron chi connectivity index (χ2n) is 4.56. The van der Waals surface area contributed by atoms with Crippen molar-refractivity contribution >= 4 is 31.6 Å². The second-order valence-corrected chi connectivity index (χ2v) is 7.08. The van der Waals surface area contributed by atoms with Crippen LogP contribution in [0.15, 0.2) is 68.7 Å². The smallest absolute Gasteiger partial charge is 0.359 e. The second kappa shape index (κ2) is 6.01. The Kier molecular flexibility index (Phi) is 4.05. The van der Waals surface area contributed by atoms with E-state index in [1.807, 2.05) is 0 Å². The number of nitrogens with zero attached hydrogens (tertiary/aromatic N) is 2. The minimum Gasteiger partial charge on any atom is -0.359 e. The summed E-state index contributed by atoms with van der Waals surface area (Å²) in [5, 5.41) is 14.7. The van der Waals surface area contributed by atoms with E-state index in [4.69, 9.17) is 0 Å². The van der Waals surface area contributed by atoms with E-state index in [9.17, 15) is 13.6 Å². The number of hydrogen-bond acceptors (Lipinski definition) is 5. The van der Waals surface area contributed by atoms with Gasteiger partial charge in [-0.2, -0.15) is 8.42 Å². The summed E-state index contributed by atoms with van der Waals surface area (Å²) in [6.45, 7) is 0. The van der Waals surface area contributed by atoms with Gasteiger partial charge in [-0.25, -0.2) is 0 Å². The van der Waals surface area contributed by atoms with Crippen molar-refractivity contribution in [2.45, 2.75) is 5.03 Å². The summed E-state index contributed by atoms with van der Waals surface area (Å²) in [6.07, 6.45) is 0. The largest absolute Gasteiger partial charge is 0.359 e. The zero-order valence-electron chi connectivity index (χ0n) is 11.5. The molecular weight excluding hydrogens is 386 g/mol. The molecule has 23 heavy (non-hydrogen) atoms. The van der Waals surface area contributed by atoms with Gasteiger partial charge in [0.25, 0.3) is 0 Å². The molecule has 0 aliphatic rings. The Morgan fingerprint density at radius 2 is 1.74 bits per heavy atom. The van der Waals surface area contributed by atoms with Gasteiger partial charge in [0.1, 0.15) is 0 Å². The number of benzene rings is 2. The molecule has 0 bridgehead atoms. The normalized spacial score (nSPS) is 11.3. The van der Waals surface area contributed by atoms with Crippen LogP contribution in [0.2, 0.25) is 0 Å². The lowest BCUT2D eigenvalue weighted by molar-refractivity contribution is -0.793. The number of halogens is 1. The fourth-order valence-electron chi connectivity index (χ4n) is 1.96. The Hall–Kier alpha value is -2.39. The molecule has 0 atom stereocenters. The van der Waals surface area contributed by atoms with Gasteiger partial charge in [0.2, 0.25) is 5.69 Å². The van der Waals surface area contributed by atoms with Crippen molar-refractivity contribution in [3.63, 3.8) is 0 Å². The summed E-state index contributed by atoms with van der Waals surface area (Å²) < 4.78 is 32.6. The molecule has 3 aromatic rings. The number of anilines is 1. The van der Waals surface area contributed by atoms with Crippen LogP contribution in [0.3, 0.4) is 0 Å². The molecule has 0 spiro atoms. The lowest BCUT2D eigenvalue weighted by atomic mass is 10.2. The molecule has 0 saturated heterocycles. The summed E-state index contributed by atoms with van der Waals surface area (Å²) in [5.41, 5.74) is 0.558. The zero-order chi connectivity index (χ0) is 16.4. The molecule has 1 aromatic heterocycles. The fourth-order valence-corrected chi connectivity index (χ4v) is 3.34. The predicted molar refractivity (Wildman–Crippen MR) is 85.8 cm³/mol. The summed E-state index contributed by atoms with van der Waals surface area (Å²) in [6, 6.07) is 14.8. The van der Waals surface area contributed by atoms with Gasteiger partial charge >= 0.3 is 15.0 Å². The van der Waals surface area contributed by atoms with Crippen molar-refractivity contribution in [3.8, 4) is 11.3 Å². The first-order valence-electron chi connectivity index (χ1n) is 6.41. The molecular formula is C14H10BrN3O4S. The highest BCUT2D eigenvalue weighted by Gasteiger charge is 2.33. The third-order valence-electron chi connectivity index (χ3n) is 2.98. The van der Waals surface area contributed by atoms with Crippen LogP contribution in [0.25, 0.3) is 11.3 Å². The Bertz CT molecular complexity index is 924. The molecule has 2 aromatic carbocycles. The summed E-state index contributed by atoms with van der Waals surface area (Å²) in [4.78, 5) is 0.0749. The minimum absolute atomic E-state index is 0.0749. The molecule has 0 aliphatic heterocycles. The quantitative estimate of drug-likeness (QED) is 0.684. The van der Waals surface area contributed by atoms with Crippen molar-refractivity contribution in [2.75, 3.05) is 4.72 Å². The van der Waals surface area contributed by atoms with Gasteiger partial charge in [-0.3, -0.25) is 9.35 Å². The van der Waals surface area contributed by atoms with E-state index >= 15 is 0 Å². The lowest BCUT2D eigenvalue weighted by Crippen LogP contribution is -2.26. The number of hydrogen-bond donors (Lipinski definition) is 1. The molecule has 0 unspecified atom stereocenters. The van der Waals surface area contributed by atoms with Crippen LogP contribution in [0.5, 0.6) is 0 Å². The molecule has 3 rings (SSSR count). The highest BCUT2D eigenvalue weighted by molar-refractivity contribution is 9.10. The molecule has 0 aliphatic carbocycles. The first-order chi connectivity index (χ1) is 11.0. The third kappa shape index (κ3) is 3.20. The van der Waals surface area contributed by atoms with Gasteiger partial charge in [0.15, 0.2) is 0 Å². The highest BCUT2D eigenvalue weighted by Crippen LogP contribution is 2.24. The molecule has 0 fully saturated rings. The van der Waals surface area contributed by atoms with Crippen molar-refractivity contribution in [2.24, 2.45) is 0 Å². The minimum atomic E-state index is -4.08. The predicted octanol–water partition coefficient (Wildman–Crippen LogP) is 2.54. The van der Waals surface area contributed by atoms with Crippen LogP contribution in [-0.4, -0.2) is 13.6 Å². The SMILES string of the molecule is O=S(=O)(Nc1ccc(Br)cc1)c1no[n+]([O-])c1-c1ccccc1. The Morgan fingerprint density at radius 3 is 2.39 bits per heavy atom. The van der Waals surface area contributed by atoms with Gasteiger partial charge in [0, 0.05) is 15.7 Å². The maximum absolute atomic E-state index is 12.5. The molecule has 0 saturated carbocycles. The number of rotatable bonds is 4. The monoisotopic (exact) mass is 395 g/mol. The highest BCUT2D eigenvalue weighted by atomic mass is 79.9. The van der Waals surface area contributed by atoms with Gasteiger partial charge in [0.05, 0.1) is 5.16 Å². The molecule has 9 heteroatoms. The van der Waals surface area contributed by atoms with Crippen LogP contribution >= 0.6 is 15.9 Å². The van der Waals surface area contributed by atoms with E-state index in [0.29, 0.717) is 11.3 Å². The topological polar surface area (TPSA) is 99.1 Å². The number of aromatic nitrogens is 2. The third-order valence-corrected chi connectivity index (χ3v) is 4.79. The lowest BCUT2D eigenvalue weighted by Gasteiger charge is -2.04.